The van der Waals surface area contributed by atoms with Gasteiger partial charge in [-0.15, -0.1) is 0 Å². The lowest BCUT2D eigenvalue weighted by Crippen LogP contribution is -2.41. The SMILES string of the molecule is Cc1ccc(S(=O)(=O)N(CC(=O)NCc2ccccc2C)c2ccc(C)cc2C)cc1. The number of sulfonamides is 1. The Balaban J connectivity index is 1.91. The van der Waals surface area contributed by atoms with Crippen LogP contribution in [0.4, 0.5) is 5.69 Å². The quantitative estimate of drug-likeness (QED) is 0.596. The van der Waals surface area contributed by atoms with Crippen LogP contribution in [0.1, 0.15) is 27.8 Å². The van der Waals surface area contributed by atoms with Crippen LogP contribution in [0.15, 0.2) is 71.6 Å². The van der Waals surface area contributed by atoms with E-state index in [4.69, 9.17) is 0 Å². The number of carbonyl (C=O) groups excluding carboxylic acids is 1. The Hall–Kier alpha value is -3.12. The average molecular weight is 437 g/mol. The minimum absolute atomic E-state index is 0.157. The Morgan fingerprint density at radius 1 is 0.839 bits per heavy atom. The maximum Gasteiger partial charge on any atom is 0.264 e. The van der Waals surface area contributed by atoms with E-state index in [1.54, 1.807) is 30.3 Å². The molecule has 0 atom stereocenters. The molecule has 0 aliphatic carbocycles. The van der Waals surface area contributed by atoms with Gasteiger partial charge in [0.05, 0.1) is 10.6 Å². The molecule has 0 aliphatic heterocycles. The van der Waals surface area contributed by atoms with E-state index in [0.717, 1.165) is 27.8 Å². The van der Waals surface area contributed by atoms with Crippen molar-refractivity contribution in [2.45, 2.75) is 39.1 Å². The van der Waals surface area contributed by atoms with E-state index in [0.29, 0.717) is 12.2 Å². The predicted molar refractivity (Wildman–Crippen MR) is 125 cm³/mol. The van der Waals surface area contributed by atoms with Gasteiger partial charge in [0.1, 0.15) is 6.54 Å². The first-order valence-electron chi connectivity index (χ1n) is 10.2. The monoisotopic (exact) mass is 436 g/mol. The second-order valence-corrected chi connectivity index (χ2v) is 9.68. The van der Waals surface area contributed by atoms with Crippen LogP contribution in [0.5, 0.6) is 0 Å². The van der Waals surface area contributed by atoms with Gasteiger partial charge >= 0.3 is 0 Å². The Morgan fingerprint density at radius 3 is 2.13 bits per heavy atom. The number of anilines is 1. The van der Waals surface area contributed by atoms with Crippen molar-refractivity contribution >= 4 is 21.6 Å². The molecule has 3 aromatic carbocycles. The van der Waals surface area contributed by atoms with Gasteiger partial charge in [0.15, 0.2) is 0 Å². The molecule has 0 radical (unpaired) electrons. The summed E-state index contributed by atoms with van der Waals surface area (Å²) in [5.74, 6) is -0.362. The van der Waals surface area contributed by atoms with Gasteiger partial charge in [-0.25, -0.2) is 8.42 Å². The largest absolute Gasteiger partial charge is 0.350 e. The zero-order valence-corrected chi connectivity index (χ0v) is 19.2. The lowest BCUT2D eigenvalue weighted by molar-refractivity contribution is -0.119. The Bertz CT molecular complexity index is 1190. The molecule has 162 valence electrons. The van der Waals surface area contributed by atoms with E-state index in [-0.39, 0.29) is 17.3 Å². The van der Waals surface area contributed by atoms with Gasteiger partial charge in [-0.1, -0.05) is 59.7 Å². The second kappa shape index (κ2) is 9.35. The molecule has 1 amide bonds. The number of hydrogen-bond donors (Lipinski definition) is 1. The van der Waals surface area contributed by atoms with E-state index >= 15 is 0 Å². The van der Waals surface area contributed by atoms with Crippen LogP contribution in [0.2, 0.25) is 0 Å². The number of nitrogens with zero attached hydrogens (tertiary/aromatic N) is 1. The summed E-state index contributed by atoms with van der Waals surface area (Å²) in [4.78, 5) is 13.0. The van der Waals surface area contributed by atoms with Gasteiger partial charge in [0, 0.05) is 6.54 Å². The van der Waals surface area contributed by atoms with Crippen LogP contribution < -0.4 is 9.62 Å². The van der Waals surface area contributed by atoms with E-state index in [2.05, 4.69) is 5.32 Å². The molecule has 5 nitrogen and oxygen atoms in total. The lowest BCUT2D eigenvalue weighted by atomic mass is 10.1. The highest BCUT2D eigenvalue weighted by Crippen LogP contribution is 2.27. The Morgan fingerprint density at radius 2 is 1.48 bits per heavy atom. The first-order chi connectivity index (χ1) is 14.7. The molecule has 3 aromatic rings. The molecule has 31 heavy (non-hydrogen) atoms. The van der Waals surface area contributed by atoms with E-state index in [1.165, 1.54) is 4.31 Å². The first-order valence-corrected chi connectivity index (χ1v) is 11.6. The smallest absolute Gasteiger partial charge is 0.264 e. The first kappa shape index (κ1) is 22.6. The van der Waals surface area contributed by atoms with Crippen LogP contribution in [0.3, 0.4) is 0 Å². The van der Waals surface area contributed by atoms with Crippen molar-refractivity contribution < 1.29 is 13.2 Å². The molecule has 0 saturated heterocycles. The highest BCUT2D eigenvalue weighted by atomic mass is 32.2. The van der Waals surface area contributed by atoms with Crippen LogP contribution >= 0.6 is 0 Å². The van der Waals surface area contributed by atoms with Crippen molar-refractivity contribution in [3.8, 4) is 0 Å². The number of rotatable bonds is 7. The predicted octanol–water partition coefficient (Wildman–Crippen LogP) is 4.43. The number of hydrogen-bond acceptors (Lipinski definition) is 3. The van der Waals surface area contributed by atoms with Gasteiger partial charge in [-0.05, 0) is 62.6 Å². The zero-order valence-electron chi connectivity index (χ0n) is 18.3. The number of amides is 1. The van der Waals surface area contributed by atoms with Crippen molar-refractivity contribution in [2.75, 3.05) is 10.8 Å². The fourth-order valence-corrected chi connectivity index (χ4v) is 4.90. The van der Waals surface area contributed by atoms with Gasteiger partial charge in [0.2, 0.25) is 5.91 Å². The number of aryl methyl sites for hydroxylation is 4. The molecule has 0 spiro atoms. The van der Waals surface area contributed by atoms with Gasteiger partial charge < -0.3 is 5.32 Å². The maximum absolute atomic E-state index is 13.5. The molecule has 0 heterocycles. The van der Waals surface area contributed by atoms with Gasteiger partial charge in [-0.2, -0.15) is 0 Å². The summed E-state index contributed by atoms with van der Waals surface area (Å²) in [6.07, 6.45) is 0. The standard InChI is InChI=1S/C25H28N2O3S/c1-18-9-12-23(13-10-18)31(29,30)27(24-14-11-19(2)15-21(24)4)17-25(28)26-16-22-8-6-5-7-20(22)3/h5-15H,16-17H2,1-4H3,(H,26,28). The summed E-state index contributed by atoms with van der Waals surface area (Å²) in [5, 5.41) is 2.86. The summed E-state index contributed by atoms with van der Waals surface area (Å²) in [5.41, 5.74) is 5.35. The van der Waals surface area contributed by atoms with Crippen LogP contribution in [0.25, 0.3) is 0 Å². The molecule has 0 unspecified atom stereocenters. The molecule has 0 bridgehead atoms. The van der Waals surface area contributed by atoms with Gasteiger partial charge in [-0.3, -0.25) is 9.10 Å². The Labute approximate surface area is 184 Å². The fraction of sp³-hybridized carbons (Fsp3) is 0.240. The minimum Gasteiger partial charge on any atom is -0.350 e. The van der Waals surface area contributed by atoms with Crippen molar-refractivity contribution in [2.24, 2.45) is 0 Å². The summed E-state index contributed by atoms with van der Waals surface area (Å²) in [6, 6.07) is 20.0. The number of benzene rings is 3. The third kappa shape index (κ3) is 5.33. The normalized spacial score (nSPS) is 11.2. The molecule has 6 heteroatoms. The van der Waals surface area contributed by atoms with Crippen molar-refractivity contribution in [1.82, 2.24) is 5.32 Å². The maximum atomic E-state index is 13.5. The third-order valence-corrected chi connectivity index (χ3v) is 7.03. The van der Waals surface area contributed by atoms with Crippen molar-refractivity contribution in [3.05, 3.63) is 94.5 Å². The van der Waals surface area contributed by atoms with Crippen LogP contribution in [-0.4, -0.2) is 20.9 Å². The summed E-state index contributed by atoms with van der Waals surface area (Å²) in [6.45, 7) is 7.72. The molecule has 0 fully saturated rings. The molecule has 0 aromatic heterocycles. The summed E-state index contributed by atoms with van der Waals surface area (Å²) >= 11 is 0. The van der Waals surface area contributed by atoms with E-state index in [9.17, 15) is 13.2 Å². The molecule has 0 saturated carbocycles. The molecule has 1 N–H and O–H groups in total. The van der Waals surface area contributed by atoms with Crippen molar-refractivity contribution in [1.29, 1.82) is 0 Å². The highest BCUT2D eigenvalue weighted by molar-refractivity contribution is 7.92. The number of carbonyl (C=O) groups is 1. The Kier molecular flexibility index (Phi) is 6.81. The minimum atomic E-state index is -3.92. The second-order valence-electron chi connectivity index (χ2n) is 7.82. The number of nitrogens with one attached hydrogen (secondary N) is 1. The summed E-state index contributed by atoms with van der Waals surface area (Å²) < 4.78 is 28.2. The van der Waals surface area contributed by atoms with Crippen LogP contribution in [-0.2, 0) is 21.4 Å². The van der Waals surface area contributed by atoms with Crippen molar-refractivity contribution in [3.63, 3.8) is 0 Å². The lowest BCUT2D eigenvalue weighted by Gasteiger charge is -2.26. The average Bonchev–Trinajstić information content (AvgIpc) is 2.72. The highest BCUT2D eigenvalue weighted by Gasteiger charge is 2.28. The zero-order chi connectivity index (χ0) is 22.6. The van der Waals surface area contributed by atoms with E-state index < -0.39 is 10.0 Å². The molecular weight excluding hydrogens is 408 g/mol. The third-order valence-electron chi connectivity index (χ3n) is 5.25. The fourth-order valence-electron chi connectivity index (χ4n) is 3.41. The van der Waals surface area contributed by atoms with E-state index in [1.807, 2.05) is 64.1 Å². The topological polar surface area (TPSA) is 66.5 Å². The molecule has 0 aliphatic rings. The summed E-state index contributed by atoms with van der Waals surface area (Å²) in [7, 11) is -3.92. The molecular formula is C25H28N2O3S. The van der Waals surface area contributed by atoms with Gasteiger partial charge in [0.25, 0.3) is 10.0 Å². The van der Waals surface area contributed by atoms with Crippen LogP contribution in [0, 0.1) is 27.7 Å². The molecule has 3 rings (SSSR count).